The average molecular weight is 570 g/mol. The van der Waals surface area contributed by atoms with Crippen molar-refractivity contribution in [1.82, 2.24) is 0 Å². The summed E-state index contributed by atoms with van der Waals surface area (Å²) in [5.41, 5.74) is 1.22. The van der Waals surface area contributed by atoms with E-state index in [1.807, 2.05) is 23.5 Å². The van der Waals surface area contributed by atoms with Crippen LogP contribution in [0.3, 0.4) is 0 Å². The van der Waals surface area contributed by atoms with Crippen molar-refractivity contribution in [3.63, 3.8) is 0 Å². The molecule has 3 aromatic heterocycles. The van der Waals surface area contributed by atoms with E-state index in [4.69, 9.17) is 8.83 Å². The van der Waals surface area contributed by atoms with Gasteiger partial charge in [-0.15, -0.1) is 0 Å². The summed E-state index contributed by atoms with van der Waals surface area (Å²) < 4.78 is 80.8. The van der Waals surface area contributed by atoms with E-state index in [-0.39, 0.29) is 13.0 Å². The molecule has 0 bridgehead atoms. The van der Waals surface area contributed by atoms with Crippen LogP contribution in [-0.4, -0.2) is 50.8 Å². The Morgan fingerprint density at radius 3 is 2.42 bits per heavy atom. The minimum atomic E-state index is -4.59. The second-order valence-electron chi connectivity index (χ2n) is 6.79. The molecule has 10 nitrogen and oxygen atoms in total. The minimum Gasteiger partial charge on any atom is -0.748 e. The largest absolute Gasteiger partial charge is 0.748 e. The number of anilines is 1. The number of hydrogen-bond donors (Lipinski definition) is 0. The molecule has 0 unspecified atom stereocenters. The summed E-state index contributed by atoms with van der Waals surface area (Å²) in [5, 5.41) is 2.98. The number of thioether (sulfide) groups is 3. The molecule has 180 valence electrons. The van der Waals surface area contributed by atoms with E-state index in [0.717, 1.165) is 5.69 Å². The second-order valence-corrected chi connectivity index (χ2v) is 13.3. The maximum atomic E-state index is 11.6. The molecule has 0 saturated carbocycles. The van der Waals surface area contributed by atoms with Crippen LogP contribution in [0.15, 0.2) is 41.3 Å². The van der Waals surface area contributed by atoms with Crippen molar-refractivity contribution in [2.45, 2.75) is 27.6 Å². The maximum absolute atomic E-state index is 11.6. The van der Waals surface area contributed by atoms with Crippen molar-refractivity contribution in [1.29, 1.82) is 0 Å². The summed E-state index contributed by atoms with van der Waals surface area (Å²) in [4.78, 5) is 2.29. The molecule has 0 spiro atoms. The van der Waals surface area contributed by atoms with Gasteiger partial charge in [0.1, 0.15) is 0 Å². The number of aromatic nitrogens is 1. The lowest BCUT2D eigenvalue weighted by Crippen LogP contribution is -2.39. The molecule has 0 aromatic carbocycles. The molecule has 0 N–H and O–H groups in total. The van der Waals surface area contributed by atoms with Gasteiger partial charge in [-0.3, -0.25) is 0 Å². The van der Waals surface area contributed by atoms with Gasteiger partial charge in [0.2, 0.25) is 5.88 Å². The van der Waals surface area contributed by atoms with E-state index in [1.54, 1.807) is 12.1 Å². The van der Waals surface area contributed by atoms with Gasteiger partial charge in [0, 0.05) is 18.4 Å². The molecule has 33 heavy (non-hydrogen) atoms. The van der Waals surface area contributed by atoms with E-state index in [2.05, 4.69) is 0 Å². The quantitative estimate of drug-likeness (QED) is 0.212. The lowest BCUT2D eigenvalue weighted by atomic mass is 10.3. The number of nitrogens with zero attached hydrogens (tertiary/aromatic N) is 2. The highest BCUT2D eigenvalue weighted by molar-refractivity contribution is 8.03. The molecule has 4 rings (SSSR count). The molecular formula is C17H17N2O8S6-. The van der Waals surface area contributed by atoms with Crippen LogP contribution in [0, 0.1) is 0 Å². The van der Waals surface area contributed by atoms with Gasteiger partial charge in [-0.2, -0.15) is 4.57 Å². The fourth-order valence-corrected chi connectivity index (χ4v) is 7.43. The molecule has 0 amide bonds. The lowest BCUT2D eigenvalue weighted by Gasteiger charge is -2.19. The van der Waals surface area contributed by atoms with E-state index in [1.165, 1.54) is 51.2 Å². The molecule has 0 radical (unpaired) electrons. The Kier molecular flexibility index (Phi) is 7.18. The highest BCUT2D eigenvalue weighted by atomic mass is 32.2. The standard InChI is InChI=1S/C17H18N2O8S6/c1-28-14-6-10-16(26-14)30-12(18(10)4-3-5-32(20,21)22)8-13-19(9-33(23,24)25)11-7-15(29-2)27-17(11)31-13/h6-8H,3-5,9H2,1-2H3,(H-,20,21,22,23,24,25)/p-1. The Balaban J connectivity index is 1.74. The molecule has 0 saturated heterocycles. The van der Waals surface area contributed by atoms with Crippen molar-refractivity contribution in [3.05, 3.63) is 22.2 Å². The molecule has 3 aromatic rings. The van der Waals surface area contributed by atoms with E-state index < -0.39 is 31.9 Å². The average Bonchev–Trinajstić information content (AvgIpc) is 3.42. The van der Waals surface area contributed by atoms with Gasteiger partial charge in [0.05, 0.1) is 33.0 Å². The monoisotopic (exact) mass is 569 g/mol. The number of furan rings is 2. The number of thiazole rings is 1. The highest BCUT2D eigenvalue weighted by Gasteiger charge is 2.32. The van der Waals surface area contributed by atoms with E-state index in [9.17, 15) is 25.9 Å². The third-order valence-electron chi connectivity index (χ3n) is 4.53. The molecule has 1 aliphatic heterocycles. The first-order valence-electron chi connectivity index (χ1n) is 9.19. The van der Waals surface area contributed by atoms with Gasteiger partial charge in [-0.25, -0.2) is 16.8 Å². The summed E-state index contributed by atoms with van der Waals surface area (Å²) >= 11 is 5.25. The molecular weight excluding hydrogens is 553 g/mol. The smallest absolute Gasteiger partial charge is 0.269 e. The first-order chi connectivity index (χ1) is 15.5. The van der Waals surface area contributed by atoms with Gasteiger partial charge in [-0.05, 0) is 42.0 Å². The zero-order chi connectivity index (χ0) is 24.0. The van der Waals surface area contributed by atoms with Crippen LogP contribution in [0.4, 0.5) is 5.69 Å². The lowest BCUT2D eigenvalue weighted by molar-refractivity contribution is -0.649. The first-order valence-corrected chi connectivity index (χ1v) is 16.4. The van der Waals surface area contributed by atoms with Crippen LogP contribution in [-0.2, 0) is 26.1 Å². The number of rotatable bonds is 9. The third-order valence-corrected chi connectivity index (χ3v) is 9.16. The SMILES string of the molecule is CSc1cc2c(o1)SC(=Cc1sc3oc(SC)cc3[n+]1CS(=O)(=O)[O-])N2CCCS(=O)(=O)[O-]. The van der Waals surface area contributed by atoms with Crippen molar-refractivity contribution in [2.24, 2.45) is 0 Å². The topological polar surface area (TPSA) is 148 Å². The van der Waals surface area contributed by atoms with Gasteiger partial charge in [0.25, 0.3) is 15.4 Å². The molecule has 16 heteroatoms. The van der Waals surface area contributed by atoms with Crippen molar-refractivity contribution in [2.75, 3.05) is 29.7 Å². The Labute approximate surface area is 206 Å². The van der Waals surface area contributed by atoms with Crippen LogP contribution in [0.25, 0.3) is 16.5 Å². The summed E-state index contributed by atoms with van der Waals surface area (Å²) in [6, 6.07) is 3.50. The third kappa shape index (κ3) is 5.75. The van der Waals surface area contributed by atoms with Gasteiger partial charge >= 0.3 is 0 Å². The molecule has 1 aliphatic rings. The Bertz CT molecular complexity index is 1430. The summed E-state index contributed by atoms with van der Waals surface area (Å²) in [5.74, 6) is -1.28. The summed E-state index contributed by atoms with van der Waals surface area (Å²) in [6.45, 7) is 0.235. The van der Waals surface area contributed by atoms with Crippen molar-refractivity contribution >= 4 is 89.0 Å². The van der Waals surface area contributed by atoms with Crippen LogP contribution >= 0.6 is 46.6 Å². The number of hydrogen-bond acceptors (Lipinski definition) is 13. The molecule has 0 fully saturated rings. The summed E-state index contributed by atoms with van der Waals surface area (Å²) in [6.07, 6.45) is 5.48. The normalized spacial score (nSPS) is 15.8. The van der Waals surface area contributed by atoms with Gasteiger partial charge < -0.3 is 22.8 Å². The first kappa shape index (κ1) is 25.0. The Morgan fingerprint density at radius 1 is 1.09 bits per heavy atom. The van der Waals surface area contributed by atoms with Crippen LogP contribution in [0.5, 0.6) is 0 Å². The molecule has 0 aliphatic carbocycles. The zero-order valence-corrected chi connectivity index (χ0v) is 22.1. The van der Waals surface area contributed by atoms with E-state index >= 15 is 0 Å². The van der Waals surface area contributed by atoms with Crippen LogP contribution in [0.2, 0.25) is 0 Å². The zero-order valence-electron chi connectivity index (χ0n) is 17.2. The predicted molar refractivity (Wildman–Crippen MR) is 127 cm³/mol. The van der Waals surface area contributed by atoms with Crippen molar-refractivity contribution < 1.29 is 39.3 Å². The fraction of sp³-hybridized carbons (Fsp3) is 0.353. The summed E-state index contributed by atoms with van der Waals surface area (Å²) in [7, 11) is -8.95. The fourth-order valence-electron chi connectivity index (χ4n) is 3.19. The highest BCUT2D eigenvalue weighted by Crippen LogP contribution is 2.50. The van der Waals surface area contributed by atoms with Crippen LogP contribution in [0.1, 0.15) is 11.4 Å². The Morgan fingerprint density at radius 2 is 1.79 bits per heavy atom. The van der Waals surface area contributed by atoms with Crippen LogP contribution < -0.4 is 9.47 Å². The molecule has 4 heterocycles. The van der Waals surface area contributed by atoms with Gasteiger partial charge in [-0.1, -0.05) is 23.5 Å². The number of fused-ring (bicyclic) bond motifs is 2. The molecule has 0 atom stereocenters. The van der Waals surface area contributed by atoms with Gasteiger partial charge in [0.15, 0.2) is 25.4 Å². The van der Waals surface area contributed by atoms with E-state index in [0.29, 0.717) is 35.7 Å². The van der Waals surface area contributed by atoms with Crippen molar-refractivity contribution in [3.8, 4) is 0 Å². The maximum Gasteiger partial charge on any atom is 0.269 e. The Hall–Kier alpha value is -1.14. The second kappa shape index (κ2) is 9.49. The minimum absolute atomic E-state index is 0.0990. The predicted octanol–water partition coefficient (Wildman–Crippen LogP) is 3.17.